The molecule has 3 N–H and O–H groups in total. The summed E-state index contributed by atoms with van der Waals surface area (Å²) in [6, 6.07) is 4.38. The van der Waals surface area contributed by atoms with Crippen molar-refractivity contribution in [3.8, 4) is 0 Å². The highest BCUT2D eigenvalue weighted by atomic mass is 35.5. The predicted octanol–water partition coefficient (Wildman–Crippen LogP) is 2.33. The van der Waals surface area contributed by atoms with Crippen LogP contribution in [0.2, 0.25) is 5.02 Å². The van der Waals surface area contributed by atoms with Gasteiger partial charge in [0.25, 0.3) is 0 Å². The Labute approximate surface area is 112 Å². The molecule has 1 rings (SSSR count). The molecule has 3 nitrogen and oxygen atoms in total. The van der Waals surface area contributed by atoms with Crippen LogP contribution in [0, 0.1) is 17.7 Å². The molecule has 1 aromatic rings. The molecule has 0 aromatic heterocycles. The molecule has 0 saturated carbocycles. The van der Waals surface area contributed by atoms with E-state index < -0.39 is 5.82 Å². The molecule has 5 heteroatoms. The van der Waals surface area contributed by atoms with Gasteiger partial charge >= 0.3 is 0 Å². The van der Waals surface area contributed by atoms with Crippen molar-refractivity contribution in [1.29, 1.82) is 0 Å². The Bertz CT molecular complexity index is 423. The van der Waals surface area contributed by atoms with Crippen LogP contribution in [-0.4, -0.2) is 12.5 Å². The summed E-state index contributed by atoms with van der Waals surface area (Å²) in [7, 11) is 0. The van der Waals surface area contributed by atoms with Crippen molar-refractivity contribution >= 4 is 17.5 Å². The minimum atomic E-state index is -0.464. The van der Waals surface area contributed by atoms with Gasteiger partial charge in [-0.2, -0.15) is 0 Å². The number of hydrogen-bond donors (Lipinski definition) is 2. The second-order valence-corrected chi connectivity index (χ2v) is 4.96. The fraction of sp³-hybridized carbons (Fsp3) is 0.462. The molecule has 0 aliphatic heterocycles. The van der Waals surface area contributed by atoms with Crippen LogP contribution >= 0.6 is 11.6 Å². The van der Waals surface area contributed by atoms with Gasteiger partial charge in [0, 0.05) is 13.1 Å². The first-order valence-corrected chi connectivity index (χ1v) is 6.25. The largest absolute Gasteiger partial charge is 0.352 e. The van der Waals surface area contributed by atoms with Crippen LogP contribution in [-0.2, 0) is 11.3 Å². The zero-order valence-corrected chi connectivity index (χ0v) is 11.3. The number of carbonyl (C=O) groups is 1. The minimum absolute atomic E-state index is 0.0565. The Balaban J connectivity index is 2.59. The second kappa shape index (κ2) is 6.71. The van der Waals surface area contributed by atoms with Gasteiger partial charge in [-0.3, -0.25) is 4.79 Å². The van der Waals surface area contributed by atoms with Crippen LogP contribution < -0.4 is 11.1 Å². The Kier molecular flexibility index (Phi) is 5.56. The van der Waals surface area contributed by atoms with Crippen LogP contribution in [0.4, 0.5) is 4.39 Å². The number of halogens is 2. The third kappa shape index (κ3) is 3.96. The van der Waals surface area contributed by atoms with Crippen molar-refractivity contribution in [3.05, 3.63) is 34.6 Å². The van der Waals surface area contributed by atoms with E-state index in [1.54, 1.807) is 6.07 Å². The number of carbonyl (C=O) groups excluding carboxylic acids is 1. The lowest BCUT2D eigenvalue weighted by Crippen LogP contribution is -2.37. The molecule has 0 heterocycles. The van der Waals surface area contributed by atoms with Crippen LogP contribution in [0.15, 0.2) is 18.2 Å². The van der Waals surface area contributed by atoms with Crippen molar-refractivity contribution in [2.24, 2.45) is 17.6 Å². The zero-order valence-electron chi connectivity index (χ0n) is 10.5. The lowest BCUT2D eigenvalue weighted by Gasteiger charge is -2.18. The van der Waals surface area contributed by atoms with Gasteiger partial charge in [0.05, 0.1) is 10.9 Å². The van der Waals surface area contributed by atoms with E-state index in [1.165, 1.54) is 12.1 Å². The van der Waals surface area contributed by atoms with Gasteiger partial charge in [-0.25, -0.2) is 4.39 Å². The first-order chi connectivity index (χ1) is 8.45. The highest BCUT2D eigenvalue weighted by Gasteiger charge is 2.19. The number of nitrogens with two attached hydrogens (primary N) is 1. The molecule has 1 unspecified atom stereocenters. The van der Waals surface area contributed by atoms with Crippen molar-refractivity contribution in [3.63, 3.8) is 0 Å². The number of rotatable bonds is 5. The summed E-state index contributed by atoms with van der Waals surface area (Å²) in [5.41, 5.74) is 6.31. The second-order valence-electron chi connectivity index (χ2n) is 4.55. The number of benzene rings is 1. The fourth-order valence-electron chi connectivity index (χ4n) is 1.65. The molecule has 0 aliphatic carbocycles. The van der Waals surface area contributed by atoms with Crippen molar-refractivity contribution in [2.75, 3.05) is 6.54 Å². The van der Waals surface area contributed by atoms with E-state index in [2.05, 4.69) is 5.32 Å². The van der Waals surface area contributed by atoms with Crippen LogP contribution in [0.25, 0.3) is 0 Å². The van der Waals surface area contributed by atoms with Crippen molar-refractivity contribution < 1.29 is 9.18 Å². The first-order valence-electron chi connectivity index (χ1n) is 5.87. The van der Waals surface area contributed by atoms with E-state index >= 15 is 0 Å². The van der Waals surface area contributed by atoms with Gasteiger partial charge in [0.2, 0.25) is 5.91 Å². The number of nitrogens with one attached hydrogen (secondary N) is 1. The topological polar surface area (TPSA) is 55.1 Å². The Morgan fingerprint density at radius 1 is 1.50 bits per heavy atom. The van der Waals surface area contributed by atoms with E-state index in [4.69, 9.17) is 17.3 Å². The Hall–Kier alpha value is -1.13. The summed E-state index contributed by atoms with van der Waals surface area (Å²) >= 11 is 5.66. The molecule has 100 valence electrons. The van der Waals surface area contributed by atoms with E-state index in [1.807, 2.05) is 13.8 Å². The third-order valence-electron chi connectivity index (χ3n) is 2.85. The maximum Gasteiger partial charge on any atom is 0.224 e. The summed E-state index contributed by atoms with van der Waals surface area (Å²) in [4.78, 5) is 11.8. The molecule has 0 saturated heterocycles. The lowest BCUT2D eigenvalue weighted by atomic mass is 9.95. The molecule has 1 atom stereocenters. The Morgan fingerprint density at radius 3 is 2.67 bits per heavy atom. The summed E-state index contributed by atoms with van der Waals surface area (Å²) in [6.07, 6.45) is 0. The van der Waals surface area contributed by atoms with Crippen molar-refractivity contribution in [2.45, 2.75) is 20.4 Å². The van der Waals surface area contributed by atoms with Crippen LogP contribution in [0.5, 0.6) is 0 Å². The molecule has 0 bridgehead atoms. The van der Waals surface area contributed by atoms with Gasteiger partial charge in [-0.05, 0) is 23.6 Å². The molecule has 0 spiro atoms. The minimum Gasteiger partial charge on any atom is -0.352 e. The summed E-state index contributed by atoms with van der Waals surface area (Å²) < 4.78 is 13.0. The van der Waals surface area contributed by atoms with E-state index in [9.17, 15) is 9.18 Å². The maximum absolute atomic E-state index is 13.0. The average Bonchev–Trinajstić information content (AvgIpc) is 2.31. The van der Waals surface area contributed by atoms with Crippen molar-refractivity contribution in [1.82, 2.24) is 5.32 Å². The summed E-state index contributed by atoms with van der Waals surface area (Å²) in [6.45, 7) is 4.54. The SMILES string of the molecule is CC(C)C(CN)C(=O)NCc1ccc(F)c(Cl)c1. The highest BCUT2D eigenvalue weighted by Crippen LogP contribution is 2.16. The lowest BCUT2D eigenvalue weighted by molar-refractivity contribution is -0.126. The molecule has 1 aromatic carbocycles. The summed E-state index contributed by atoms with van der Waals surface area (Å²) in [5, 5.41) is 2.83. The molecule has 18 heavy (non-hydrogen) atoms. The maximum atomic E-state index is 13.0. The van der Waals surface area contributed by atoms with Crippen LogP contribution in [0.3, 0.4) is 0 Å². The van der Waals surface area contributed by atoms with E-state index in [0.717, 1.165) is 5.56 Å². The fourth-order valence-corrected chi connectivity index (χ4v) is 1.85. The highest BCUT2D eigenvalue weighted by molar-refractivity contribution is 6.30. The van der Waals surface area contributed by atoms with Gasteiger partial charge < -0.3 is 11.1 Å². The number of hydrogen-bond acceptors (Lipinski definition) is 2. The Morgan fingerprint density at radius 2 is 2.17 bits per heavy atom. The third-order valence-corrected chi connectivity index (χ3v) is 3.14. The van der Waals surface area contributed by atoms with E-state index in [-0.39, 0.29) is 22.8 Å². The molecule has 0 fully saturated rings. The normalized spacial score (nSPS) is 12.6. The monoisotopic (exact) mass is 272 g/mol. The van der Waals surface area contributed by atoms with Crippen LogP contribution in [0.1, 0.15) is 19.4 Å². The van der Waals surface area contributed by atoms with Gasteiger partial charge in [-0.15, -0.1) is 0 Å². The molecule has 0 aliphatic rings. The quantitative estimate of drug-likeness (QED) is 0.864. The van der Waals surface area contributed by atoms with E-state index in [0.29, 0.717) is 13.1 Å². The van der Waals surface area contributed by atoms with Gasteiger partial charge in [0.1, 0.15) is 5.82 Å². The molecular weight excluding hydrogens is 255 g/mol. The van der Waals surface area contributed by atoms with Gasteiger partial charge in [-0.1, -0.05) is 31.5 Å². The molecule has 0 radical (unpaired) electrons. The van der Waals surface area contributed by atoms with Gasteiger partial charge in [0.15, 0.2) is 0 Å². The zero-order chi connectivity index (χ0) is 13.7. The average molecular weight is 273 g/mol. The number of amides is 1. The first kappa shape index (κ1) is 14.9. The summed E-state index contributed by atoms with van der Waals surface area (Å²) in [5.74, 6) is -0.575. The predicted molar refractivity (Wildman–Crippen MR) is 70.6 cm³/mol. The standard InChI is InChI=1S/C13H18ClFN2O/c1-8(2)10(6-16)13(18)17-7-9-3-4-12(15)11(14)5-9/h3-5,8,10H,6-7,16H2,1-2H3,(H,17,18). The smallest absolute Gasteiger partial charge is 0.224 e. The molecule has 1 amide bonds. The molecular formula is C13H18ClFN2O.